The Labute approximate surface area is 84.3 Å². The van der Waals surface area contributed by atoms with Crippen LogP contribution in [-0.4, -0.2) is 6.54 Å². The van der Waals surface area contributed by atoms with E-state index in [0.29, 0.717) is 0 Å². The summed E-state index contributed by atoms with van der Waals surface area (Å²) in [5.74, 6) is 0. The highest BCUT2D eigenvalue weighted by Gasteiger charge is 2.26. The van der Waals surface area contributed by atoms with Gasteiger partial charge in [-0.1, -0.05) is 32.0 Å². The van der Waals surface area contributed by atoms with Crippen molar-refractivity contribution in [3.8, 4) is 0 Å². The highest BCUT2D eigenvalue weighted by Crippen LogP contribution is 2.30. The molecule has 14 heavy (non-hydrogen) atoms. The largest absolute Gasteiger partial charge is 0.312 e. The lowest BCUT2D eigenvalue weighted by atomic mass is 9.79. The van der Waals surface area contributed by atoms with E-state index in [4.69, 9.17) is 0 Å². The van der Waals surface area contributed by atoms with Crippen LogP contribution in [0.5, 0.6) is 0 Å². The van der Waals surface area contributed by atoms with Crippen LogP contribution in [0.25, 0.3) is 0 Å². The molecule has 1 aromatic rings. The Morgan fingerprint density at radius 2 is 2.21 bits per heavy atom. The van der Waals surface area contributed by atoms with Gasteiger partial charge in [-0.05, 0) is 16.7 Å². The SMILES string of the molecule is CC1(C)CNCc2cc(CF)ccc21. The lowest BCUT2D eigenvalue weighted by Crippen LogP contribution is -2.38. The van der Waals surface area contributed by atoms with E-state index in [0.717, 1.165) is 18.7 Å². The fraction of sp³-hybridized carbons (Fsp3) is 0.500. The van der Waals surface area contributed by atoms with Gasteiger partial charge in [0.25, 0.3) is 0 Å². The Hall–Kier alpha value is -0.890. The van der Waals surface area contributed by atoms with Crippen LogP contribution in [-0.2, 0) is 18.6 Å². The Balaban J connectivity index is 2.46. The fourth-order valence-electron chi connectivity index (χ4n) is 2.14. The molecule has 1 aliphatic rings. The number of hydrogen-bond donors (Lipinski definition) is 1. The summed E-state index contributed by atoms with van der Waals surface area (Å²) in [6.45, 7) is 5.93. The van der Waals surface area contributed by atoms with Crippen molar-refractivity contribution in [2.75, 3.05) is 6.54 Å². The Morgan fingerprint density at radius 3 is 2.93 bits per heavy atom. The molecule has 1 N–H and O–H groups in total. The highest BCUT2D eigenvalue weighted by atomic mass is 19.1. The van der Waals surface area contributed by atoms with Crippen molar-refractivity contribution in [3.63, 3.8) is 0 Å². The number of fused-ring (bicyclic) bond motifs is 1. The molecule has 0 fully saturated rings. The fourth-order valence-corrected chi connectivity index (χ4v) is 2.14. The standard InChI is InChI=1S/C12H16FN/c1-12(2)8-14-7-10-5-9(6-13)3-4-11(10)12/h3-5,14H,6-8H2,1-2H3. The van der Waals surface area contributed by atoms with Crippen LogP contribution in [0.15, 0.2) is 18.2 Å². The van der Waals surface area contributed by atoms with E-state index >= 15 is 0 Å². The van der Waals surface area contributed by atoms with Gasteiger partial charge in [-0.25, -0.2) is 4.39 Å². The van der Waals surface area contributed by atoms with Gasteiger partial charge in [0, 0.05) is 18.5 Å². The third kappa shape index (κ3) is 1.55. The molecule has 1 nitrogen and oxygen atoms in total. The van der Waals surface area contributed by atoms with E-state index in [1.54, 1.807) is 0 Å². The predicted molar refractivity (Wildman–Crippen MR) is 56.0 cm³/mol. The number of alkyl halides is 1. The second kappa shape index (κ2) is 3.35. The molecule has 0 saturated carbocycles. The molecule has 2 rings (SSSR count). The molecule has 0 amide bonds. The summed E-state index contributed by atoms with van der Waals surface area (Å²) < 4.78 is 12.5. The third-order valence-corrected chi connectivity index (χ3v) is 2.94. The second-order valence-electron chi connectivity index (χ2n) is 4.61. The zero-order chi connectivity index (χ0) is 10.2. The summed E-state index contributed by atoms with van der Waals surface area (Å²) in [4.78, 5) is 0. The number of halogens is 1. The Morgan fingerprint density at radius 1 is 1.43 bits per heavy atom. The van der Waals surface area contributed by atoms with Gasteiger partial charge in [-0.2, -0.15) is 0 Å². The molecule has 1 aromatic carbocycles. The smallest absolute Gasteiger partial charge is 0.115 e. The number of benzene rings is 1. The molecular weight excluding hydrogens is 177 g/mol. The van der Waals surface area contributed by atoms with E-state index < -0.39 is 0 Å². The Bertz CT molecular complexity index is 344. The van der Waals surface area contributed by atoms with Crippen LogP contribution in [0, 0.1) is 0 Å². The molecule has 0 aliphatic carbocycles. The van der Waals surface area contributed by atoms with Gasteiger partial charge in [0.15, 0.2) is 0 Å². The number of rotatable bonds is 1. The molecule has 0 spiro atoms. The topological polar surface area (TPSA) is 12.0 Å². The van der Waals surface area contributed by atoms with Gasteiger partial charge in [0.05, 0.1) is 0 Å². The molecule has 0 radical (unpaired) electrons. The van der Waals surface area contributed by atoms with E-state index in [-0.39, 0.29) is 12.1 Å². The van der Waals surface area contributed by atoms with Crippen LogP contribution >= 0.6 is 0 Å². The zero-order valence-electron chi connectivity index (χ0n) is 8.73. The summed E-state index contributed by atoms with van der Waals surface area (Å²) in [6.07, 6.45) is 0. The molecule has 0 bridgehead atoms. The first-order valence-electron chi connectivity index (χ1n) is 5.02. The van der Waals surface area contributed by atoms with Crippen molar-refractivity contribution in [2.24, 2.45) is 0 Å². The van der Waals surface area contributed by atoms with Crippen LogP contribution < -0.4 is 5.32 Å². The van der Waals surface area contributed by atoms with Gasteiger partial charge in [-0.3, -0.25) is 0 Å². The monoisotopic (exact) mass is 193 g/mol. The molecule has 1 heterocycles. The Kier molecular flexibility index (Phi) is 2.31. The molecular formula is C12H16FN. The summed E-state index contributed by atoms with van der Waals surface area (Å²) in [7, 11) is 0. The van der Waals surface area contributed by atoms with E-state index in [1.165, 1.54) is 11.1 Å². The van der Waals surface area contributed by atoms with Crippen LogP contribution in [0.2, 0.25) is 0 Å². The average molecular weight is 193 g/mol. The van der Waals surface area contributed by atoms with Crippen LogP contribution in [0.4, 0.5) is 4.39 Å². The maximum Gasteiger partial charge on any atom is 0.115 e. The molecule has 1 aliphatic heterocycles. The van der Waals surface area contributed by atoms with Gasteiger partial charge in [-0.15, -0.1) is 0 Å². The van der Waals surface area contributed by atoms with E-state index in [2.05, 4.69) is 25.2 Å². The van der Waals surface area contributed by atoms with E-state index in [9.17, 15) is 4.39 Å². The second-order valence-corrected chi connectivity index (χ2v) is 4.61. The number of hydrogen-bond acceptors (Lipinski definition) is 1. The lowest BCUT2D eigenvalue weighted by Gasteiger charge is -2.33. The van der Waals surface area contributed by atoms with Crippen molar-refractivity contribution in [3.05, 3.63) is 34.9 Å². The summed E-state index contributed by atoms with van der Waals surface area (Å²) in [6, 6.07) is 5.94. The molecule has 76 valence electrons. The van der Waals surface area contributed by atoms with Crippen LogP contribution in [0.1, 0.15) is 30.5 Å². The minimum absolute atomic E-state index is 0.169. The van der Waals surface area contributed by atoms with Gasteiger partial charge in [0.2, 0.25) is 0 Å². The van der Waals surface area contributed by atoms with Crippen molar-refractivity contribution in [1.29, 1.82) is 0 Å². The predicted octanol–water partition coefficient (Wildman–Crippen LogP) is 2.54. The first-order chi connectivity index (χ1) is 6.63. The zero-order valence-corrected chi connectivity index (χ0v) is 8.73. The quantitative estimate of drug-likeness (QED) is 0.722. The van der Waals surface area contributed by atoms with Crippen molar-refractivity contribution in [1.82, 2.24) is 5.32 Å². The minimum atomic E-state index is -0.367. The number of nitrogens with one attached hydrogen (secondary N) is 1. The molecule has 0 unspecified atom stereocenters. The highest BCUT2D eigenvalue weighted by molar-refractivity contribution is 5.38. The van der Waals surface area contributed by atoms with Gasteiger partial charge < -0.3 is 5.32 Å². The van der Waals surface area contributed by atoms with Crippen molar-refractivity contribution in [2.45, 2.75) is 32.5 Å². The lowest BCUT2D eigenvalue weighted by molar-refractivity contribution is 0.432. The molecule has 0 saturated heterocycles. The van der Waals surface area contributed by atoms with Crippen molar-refractivity contribution < 1.29 is 4.39 Å². The first-order valence-corrected chi connectivity index (χ1v) is 5.02. The minimum Gasteiger partial charge on any atom is -0.312 e. The van der Waals surface area contributed by atoms with Gasteiger partial charge in [0.1, 0.15) is 6.67 Å². The third-order valence-electron chi connectivity index (χ3n) is 2.94. The van der Waals surface area contributed by atoms with Crippen molar-refractivity contribution >= 4 is 0 Å². The maximum absolute atomic E-state index is 12.5. The first kappa shape index (κ1) is 9.66. The summed E-state index contributed by atoms with van der Waals surface area (Å²) >= 11 is 0. The molecule has 0 aromatic heterocycles. The molecule has 0 atom stereocenters. The maximum atomic E-state index is 12.5. The summed E-state index contributed by atoms with van der Waals surface area (Å²) in [5.41, 5.74) is 3.55. The van der Waals surface area contributed by atoms with E-state index in [1.807, 2.05) is 12.1 Å². The summed E-state index contributed by atoms with van der Waals surface area (Å²) in [5, 5.41) is 3.36. The molecule has 2 heteroatoms. The normalized spacial score (nSPS) is 19.1. The van der Waals surface area contributed by atoms with Crippen LogP contribution in [0.3, 0.4) is 0 Å². The van der Waals surface area contributed by atoms with Gasteiger partial charge >= 0.3 is 0 Å². The average Bonchev–Trinajstić information content (AvgIpc) is 2.16.